The largest absolute Gasteiger partial charge is 0.297 e. The van der Waals surface area contributed by atoms with Gasteiger partial charge in [0.15, 0.2) is 11.6 Å². The van der Waals surface area contributed by atoms with Crippen molar-refractivity contribution in [1.82, 2.24) is 0 Å². The van der Waals surface area contributed by atoms with Gasteiger partial charge in [0.2, 0.25) is 0 Å². The third kappa shape index (κ3) is 0.898. The normalized spacial score (nSPS) is 55.9. The van der Waals surface area contributed by atoms with Gasteiger partial charge in [0.25, 0.3) is 0 Å². The lowest BCUT2D eigenvalue weighted by Gasteiger charge is -2.49. The Hall–Kier alpha value is -2.20. The van der Waals surface area contributed by atoms with E-state index in [-0.39, 0.29) is 47.1 Å². The fourth-order valence-corrected chi connectivity index (χ4v) is 6.20. The smallest absolute Gasteiger partial charge is 0.160 e. The predicted molar refractivity (Wildman–Crippen MR) is 74.6 cm³/mol. The van der Waals surface area contributed by atoms with Crippen molar-refractivity contribution in [3.05, 3.63) is 24.3 Å². The summed E-state index contributed by atoms with van der Waals surface area (Å²) >= 11 is 0. The molecule has 5 aliphatic carbocycles. The topological polar surface area (TPSA) is 81.7 Å². The molecule has 5 rings (SSSR count). The second-order valence-corrected chi connectivity index (χ2v) is 7.40. The molecular weight excluding hydrogens is 276 g/mol. The summed E-state index contributed by atoms with van der Waals surface area (Å²) in [4.78, 5) is 26.7. The Morgan fingerprint density at radius 2 is 1.27 bits per heavy atom. The molecule has 0 amide bonds. The number of carbonyl (C=O) groups excluding carboxylic acids is 2. The van der Waals surface area contributed by atoms with Crippen LogP contribution in [0.25, 0.3) is 0 Å². The van der Waals surface area contributed by atoms with Crippen LogP contribution in [0.5, 0.6) is 0 Å². The van der Waals surface area contributed by atoms with Crippen LogP contribution >= 0.6 is 0 Å². The summed E-state index contributed by atoms with van der Waals surface area (Å²) in [6.07, 6.45) is 9.24. The Morgan fingerprint density at radius 3 is 1.68 bits per heavy atom. The van der Waals surface area contributed by atoms with Crippen molar-refractivity contribution in [2.24, 2.45) is 46.3 Å². The molecule has 0 saturated heterocycles. The molecule has 0 aromatic rings. The number of hydrogen-bond acceptors (Lipinski definition) is 4. The van der Waals surface area contributed by atoms with E-state index >= 15 is 0 Å². The number of fused-ring (bicyclic) bond motifs is 10. The Morgan fingerprint density at radius 1 is 0.818 bits per heavy atom. The number of carbonyl (C=O) groups is 2. The number of allylic oxidation sites excluding steroid dienone is 4. The molecule has 4 heteroatoms. The first-order valence-corrected chi connectivity index (χ1v) is 7.89. The Balaban J connectivity index is 1.82. The van der Waals surface area contributed by atoms with Crippen molar-refractivity contribution < 1.29 is 9.59 Å². The fourth-order valence-electron chi connectivity index (χ4n) is 6.20. The molecule has 0 aromatic carbocycles. The maximum Gasteiger partial charge on any atom is 0.160 e. The number of nitriles is 2. The summed E-state index contributed by atoms with van der Waals surface area (Å²) in [7, 11) is 0. The van der Waals surface area contributed by atoms with E-state index < -0.39 is 10.8 Å². The average Bonchev–Trinajstić information content (AvgIpc) is 3.29. The van der Waals surface area contributed by atoms with E-state index in [1.807, 2.05) is 24.3 Å². The molecule has 4 nitrogen and oxygen atoms in total. The van der Waals surface area contributed by atoms with Crippen LogP contribution in [0.3, 0.4) is 0 Å². The van der Waals surface area contributed by atoms with E-state index in [0.29, 0.717) is 6.42 Å². The number of hydrogen-bond donors (Lipinski definition) is 0. The number of Topliss-reactive ketones (excluding diaryl/α,β-unsaturated/α-hetero) is 2. The molecule has 0 spiro atoms. The fraction of sp³-hybridized carbons (Fsp3) is 0.556. The molecule has 8 atom stereocenters. The van der Waals surface area contributed by atoms with Crippen molar-refractivity contribution in [1.29, 1.82) is 10.5 Å². The van der Waals surface area contributed by atoms with Crippen molar-refractivity contribution >= 4 is 11.6 Å². The average molecular weight is 290 g/mol. The Labute approximate surface area is 128 Å². The lowest BCUT2D eigenvalue weighted by molar-refractivity contribution is -0.158. The van der Waals surface area contributed by atoms with Gasteiger partial charge in [0, 0.05) is 23.7 Å². The summed E-state index contributed by atoms with van der Waals surface area (Å²) in [6, 6.07) is 4.37. The maximum atomic E-state index is 13.3. The molecule has 0 aliphatic heterocycles. The highest BCUT2D eigenvalue weighted by Gasteiger charge is 2.80. The summed E-state index contributed by atoms with van der Waals surface area (Å²) < 4.78 is 0. The van der Waals surface area contributed by atoms with E-state index in [1.54, 1.807) is 0 Å². The molecule has 22 heavy (non-hydrogen) atoms. The van der Waals surface area contributed by atoms with Gasteiger partial charge in [-0.25, -0.2) is 0 Å². The van der Waals surface area contributed by atoms with Crippen LogP contribution < -0.4 is 0 Å². The molecule has 0 N–H and O–H groups in total. The lowest BCUT2D eigenvalue weighted by Crippen LogP contribution is -2.63. The summed E-state index contributed by atoms with van der Waals surface area (Å²) in [6.45, 7) is 0. The molecule has 3 fully saturated rings. The monoisotopic (exact) mass is 290 g/mol. The quantitative estimate of drug-likeness (QED) is 0.637. The van der Waals surface area contributed by atoms with E-state index in [2.05, 4.69) is 12.1 Å². The molecule has 5 aliphatic rings. The van der Waals surface area contributed by atoms with Crippen LogP contribution in [-0.4, -0.2) is 11.6 Å². The summed E-state index contributed by atoms with van der Waals surface area (Å²) in [5.74, 6) is -1.41. The van der Waals surface area contributed by atoms with Crippen LogP contribution in [0.2, 0.25) is 0 Å². The number of nitrogens with zero attached hydrogens (tertiary/aromatic N) is 2. The molecule has 3 saturated carbocycles. The van der Waals surface area contributed by atoms with Crippen LogP contribution in [0.15, 0.2) is 24.3 Å². The zero-order chi connectivity index (χ0) is 15.3. The van der Waals surface area contributed by atoms with Gasteiger partial charge in [-0.1, -0.05) is 24.3 Å². The maximum absolute atomic E-state index is 13.3. The first-order chi connectivity index (χ1) is 10.6. The number of ketones is 2. The zero-order valence-electron chi connectivity index (χ0n) is 11.9. The number of rotatable bonds is 0. The van der Waals surface area contributed by atoms with Crippen molar-refractivity contribution in [3.8, 4) is 12.1 Å². The van der Waals surface area contributed by atoms with Gasteiger partial charge in [-0.05, 0) is 24.7 Å². The van der Waals surface area contributed by atoms with Gasteiger partial charge < -0.3 is 0 Å². The standard InChI is InChI=1S/C18H14N2O2/c19-7-17-11-3-4-12(6-11)18(17,8-20)16(22)14-10-2-1-9(5-10)13(14)15(17)21/h1-4,9-14H,5-6H2/t9-,10-,11-,12-,13-,14+,17+,18-/m0/s1. The van der Waals surface area contributed by atoms with Crippen molar-refractivity contribution in [2.75, 3.05) is 0 Å². The minimum Gasteiger partial charge on any atom is -0.297 e. The molecule has 0 unspecified atom stereocenters. The molecular formula is C18H14N2O2. The molecule has 0 heterocycles. The second kappa shape index (κ2) is 3.41. The SMILES string of the molecule is N#C[C@@]12C(=O)[C@@H]3[C@H](C(=O)[C@]1(C#N)[C@H]1C=C[C@H]2C1)[C@H]1C=C[C@H]3C1. The first kappa shape index (κ1) is 12.4. The zero-order valence-corrected chi connectivity index (χ0v) is 11.9. The Bertz CT molecular complexity index is 720. The van der Waals surface area contributed by atoms with Crippen molar-refractivity contribution in [2.45, 2.75) is 12.8 Å². The van der Waals surface area contributed by atoms with Crippen LogP contribution in [0.1, 0.15) is 12.8 Å². The summed E-state index contributed by atoms with van der Waals surface area (Å²) in [5.41, 5.74) is -2.89. The molecule has 0 radical (unpaired) electrons. The highest BCUT2D eigenvalue weighted by atomic mass is 16.1. The second-order valence-electron chi connectivity index (χ2n) is 7.40. The lowest BCUT2D eigenvalue weighted by atomic mass is 9.46. The molecule has 4 bridgehead atoms. The minimum atomic E-state index is -1.45. The third-order valence-electron chi connectivity index (χ3n) is 7.01. The minimum absolute atomic E-state index is 0.0801. The van der Waals surface area contributed by atoms with Crippen LogP contribution in [0.4, 0.5) is 0 Å². The van der Waals surface area contributed by atoms with Gasteiger partial charge in [0.05, 0.1) is 12.1 Å². The molecule has 0 aromatic heterocycles. The van der Waals surface area contributed by atoms with Crippen molar-refractivity contribution in [3.63, 3.8) is 0 Å². The van der Waals surface area contributed by atoms with E-state index in [9.17, 15) is 20.1 Å². The van der Waals surface area contributed by atoms with Gasteiger partial charge in [-0.2, -0.15) is 10.5 Å². The van der Waals surface area contributed by atoms with E-state index in [4.69, 9.17) is 0 Å². The first-order valence-electron chi connectivity index (χ1n) is 7.89. The summed E-state index contributed by atoms with van der Waals surface area (Å²) in [5, 5.41) is 19.8. The molecule has 108 valence electrons. The highest BCUT2D eigenvalue weighted by Crippen LogP contribution is 2.71. The van der Waals surface area contributed by atoms with Gasteiger partial charge in [-0.15, -0.1) is 0 Å². The van der Waals surface area contributed by atoms with Gasteiger partial charge in [0.1, 0.15) is 10.8 Å². The van der Waals surface area contributed by atoms with Crippen LogP contribution in [0, 0.1) is 69.0 Å². The predicted octanol–water partition coefficient (Wildman–Crippen LogP) is 1.80. The Kier molecular flexibility index (Phi) is 1.91. The highest BCUT2D eigenvalue weighted by molar-refractivity contribution is 6.10. The van der Waals surface area contributed by atoms with E-state index in [0.717, 1.165) is 6.42 Å². The van der Waals surface area contributed by atoms with Gasteiger partial charge >= 0.3 is 0 Å². The van der Waals surface area contributed by atoms with E-state index in [1.165, 1.54) is 0 Å². The van der Waals surface area contributed by atoms with Crippen LogP contribution in [-0.2, 0) is 9.59 Å². The third-order valence-corrected chi connectivity index (χ3v) is 7.01. The van der Waals surface area contributed by atoms with Gasteiger partial charge in [-0.3, -0.25) is 9.59 Å².